The fourth-order valence-corrected chi connectivity index (χ4v) is 2.36. The lowest BCUT2D eigenvalue weighted by molar-refractivity contribution is -0.274. The molecule has 0 spiro atoms. The normalized spacial score (nSPS) is 11.4. The predicted octanol–water partition coefficient (Wildman–Crippen LogP) is 3.82. The van der Waals surface area contributed by atoms with Crippen LogP contribution in [0.25, 0.3) is 11.0 Å². The molecule has 27 heavy (non-hydrogen) atoms. The van der Waals surface area contributed by atoms with E-state index in [9.17, 15) is 27.2 Å². The number of ether oxygens (including phenoxy) is 1. The molecule has 3 aromatic rings. The molecule has 0 aliphatic carbocycles. The molecule has 3 N–H and O–H groups in total. The average Bonchev–Trinajstić information content (AvgIpc) is 2.92. The van der Waals surface area contributed by atoms with Crippen LogP contribution in [0, 0.1) is 5.82 Å². The number of rotatable bonds is 4. The van der Waals surface area contributed by atoms with Gasteiger partial charge < -0.3 is 20.2 Å². The number of furan rings is 1. The van der Waals surface area contributed by atoms with Crippen molar-refractivity contribution in [3.05, 3.63) is 59.6 Å². The van der Waals surface area contributed by atoms with Crippen molar-refractivity contribution in [2.45, 2.75) is 6.36 Å². The van der Waals surface area contributed by atoms with Gasteiger partial charge in [0.15, 0.2) is 0 Å². The zero-order valence-corrected chi connectivity index (χ0v) is 13.3. The number of carbonyl (C=O) groups is 2. The van der Waals surface area contributed by atoms with E-state index in [4.69, 9.17) is 10.2 Å². The summed E-state index contributed by atoms with van der Waals surface area (Å²) in [5.74, 6) is -3.30. The molecule has 0 saturated heterocycles. The van der Waals surface area contributed by atoms with Crippen LogP contribution in [-0.4, -0.2) is 18.2 Å². The third-order valence-electron chi connectivity index (χ3n) is 3.46. The van der Waals surface area contributed by atoms with E-state index in [1.165, 1.54) is 6.07 Å². The number of carbonyl (C=O) groups excluding carboxylic acids is 2. The minimum atomic E-state index is -4.86. The second kappa shape index (κ2) is 6.63. The topological polar surface area (TPSA) is 94.6 Å². The molecule has 1 heterocycles. The summed E-state index contributed by atoms with van der Waals surface area (Å²) >= 11 is 0. The van der Waals surface area contributed by atoms with Crippen molar-refractivity contribution in [2.75, 3.05) is 5.32 Å². The summed E-state index contributed by atoms with van der Waals surface area (Å²) in [6, 6.07) is 7.47. The number of benzene rings is 2. The van der Waals surface area contributed by atoms with E-state index in [1.54, 1.807) is 0 Å². The SMILES string of the molecule is NC(=O)c1oc2ccc(F)cc2c1NC(=O)c1ccc(OC(F)(F)F)cc1. The van der Waals surface area contributed by atoms with E-state index in [1.807, 2.05) is 0 Å². The van der Waals surface area contributed by atoms with Gasteiger partial charge in [-0.1, -0.05) is 0 Å². The van der Waals surface area contributed by atoms with Crippen LogP contribution in [0.5, 0.6) is 5.75 Å². The van der Waals surface area contributed by atoms with Crippen LogP contribution in [0.15, 0.2) is 46.9 Å². The summed E-state index contributed by atoms with van der Waals surface area (Å²) in [7, 11) is 0. The van der Waals surface area contributed by atoms with Crippen LogP contribution in [0.4, 0.5) is 23.2 Å². The van der Waals surface area contributed by atoms with Crippen LogP contribution in [0.1, 0.15) is 20.9 Å². The number of nitrogens with two attached hydrogens (primary N) is 1. The monoisotopic (exact) mass is 382 g/mol. The van der Waals surface area contributed by atoms with Gasteiger partial charge in [0, 0.05) is 10.9 Å². The van der Waals surface area contributed by atoms with Crippen molar-refractivity contribution in [3.63, 3.8) is 0 Å². The third kappa shape index (κ3) is 4.00. The first-order valence-electron chi connectivity index (χ1n) is 7.33. The van der Waals surface area contributed by atoms with Crippen molar-refractivity contribution in [3.8, 4) is 5.75 Å². The number of nitrogens with one attached hydrogen (secondary N) is 1. The summed E-state index contributed by atoms with van der Waals surface area (Å²) in [5.41, 5.74) is 5.15. The van der Waals surface area contributed by atoms with Crippen molar-refractivity contribution < 1.29 is 36.3 Å². The number of anilines is 1. The van der Waals surface area contributed by atoms with Gasteiger partial charge in [0.2, 0.25) is 5.76 Å². The molecule has 0 bridgehead atoms. The van der Waals surface area contributed by atoms with E-state index in [0.717, 1.165) is 36.4 Å². The highest BCUT2D eigenvalue weighted by Gasteiger charge is 2.31. The molecule has 0 aliphatic rings. The van der Waals surface area contributed by atoms with Gasteiger partial charge in [0.1, 0.15) is 22.8 Å². The Hall–Kier alpha value is -3.56. The molecule has 0 fully saturated rings. The zero-order chi connectivity index (χ0) is 19.8. The molecule has 0 atom stereocenters. The Balaban J connectivity index is 1.90. The van der Waals surface area contributed by atoms with Crippen molar-refractivity contribution in [1.29, 1.82) is 0 Å². The number of fused-ring (bicyclic) bond motifs is 1. The Bertz CT molecular complexity index is 1030. The van der Waals surface area contributed by atoms with Crippen LogP contribution < -0.4 is 15.8 Å². The van der Waals surface area contributed by atoms with Gasteiger partial charge in [-0.2, -0.15) is 0 Å². The van der Waals surface area contributed by atoms with Crippen LogP contribution in [0.2, 0.25) is 0 Å². The number of halogens is 4. The lowest BCUT2D eigenvalue weighted by Gasteiger charge is -2.09. The van der Waals surface area contributed by atoms with Crippen molar-refractivity contribution in [1.82, 2.24) is 0 Å². The fraction of sp³-hybridized carbons (Fsp3) is 0.0588. The van der Waals surface area contributed by atoms with E-state index in [0.29, 0.717) is 0 Å². The van der Waals surface area contributed by atoms with Crippen LogP contribution >= 0.6 is 0 Å². The Kier molecular flexibility index (Phi) is 4.48. The largest absolute Gasteiger partial charge is 0.573 e. The zero-order valence-electron chi connectivity index (χ0n) is 13.3. The van der Waals surface area contributed by atoms with Gasteiger partial charge in [-0.15, -0.1) is 13.2 Å². The summed E-state index contributed by atoms with van der Waals surface area (Å²) in [6.07, 6.45) is -4.86. The molecule has 2 amide bonds. The van der Waals surface area contributed by atoms with Gasteiger partial charge in [-0.05, 0) is 42.5 Å². The highest BCUT2D eigenvalue weighted by Crippen LogP contribution is 2.32. The molecule has 10 heteroatoms. The van der Waals surface area contributed by atoms with Gasteiger partial charge in [0.25, 0.3) is 11.8 Å². The van der Waals surface area contributed by atoms with Crippen molar-refractivity contribution in [2.24, 2.45) is 5.73 Å². The lowest BCUT2D eigenvalue weighted by Crippen LogP contribution is -2.18. The van der Waals surface area contributed by atoms with E-state index in [-0.39, 0.29) is 28.0 Å². The summed E-state index contributed by atoms with van der Waals surface area (Å²) in [6.45, 7) is 0. The first-order chi connectivity index (χ1) is 12.6. The standard InChI is InChI=1S/C17H10F4N2O4/c18-9-3-6-12-11(7-9)13(14(26-12)15(22)24)23-16(25)8-1-4-10(5-2-8)27-17(19,20)21/h1-7H,(H2,22,24)(H,23,25). The average molecular weight is 382 g/mol. The van der Waals surface area contributed by atoms with Gasteiger partial charge in [-0.3, -0.25) is 9.59 Å². The second-order valence-electron chi connectivity index (χ2n) is 5.34. The van der Waals surface area contributed by atoms with E-state index < -0.39 is 29.7 Å². The number of hydrogen-bond donors (Lipinski definition) is 2. The number of hydrogen-bond acceptors (Lipinski definition) is 4. The predicted molar refractivity (Wildman–Crippen MR) is 85.8 cm³/mol. The highest BCUT2D eigenvalue weighted by atomic mass is 19.4. The first kappa shape index (κ1) is 18.2. The quantitative estimate of drug-likeness (QED) is 0.671. The molecule has 0 saturated carbocycles. The lowest BCUT2D eigenvalue weighted by atomic mass is 10.1. The van der Waals surface area contributed by atoms with Gasteiger partial charge in [-0.25, -0.2) is 4.39 Å². The smallest absolute Gasteiger partial charge is 0.449 e. The van der Waals surface area contributed by atoms with Crippen LogP contribution in [0.3, 0.4) is 0 Å². The number of alkyl halides is 3. The van der Waals surface area contributed by atoms with E-state index >= 15 is 0 Å². The Morgan fingerprint density at radius 1 is 1.07 bits per heavy atom. The fourth-order valence-electron chi connectivity index (χ4n) is 2.36. The highest BCUT2D eigenvalue weighted by molar-refractivity contribution is 6.14. The van der Waals surface area contributed by atoms with Gasteiger partial charge in [0.05, 0.1) is 0 Å². The molecule has 0 aliphatic heterocycles. The maximum absolute atomic E-state index is 13.5. The summed E-state index contributed by atoms with van der Waals surface area (Å²) < 4.78 is 58.9. The maximum atomic E-state index is 13.5. The first-order valence-corrected chi connectivity index (χ1v) is 7.33. The summed E-state index contributed by atoms with van der Waals surface area (Å²) in [5, 5.41) is 2.47. The molecular weight excluding hydrogens is 372 g/mol. The molecule has 3 rings (SSSR count). The van der Waals surface area contributed by atoms with Crippen LogP contribution in [-0.2, 0) is 0 Å². The molecular formula is C17H10F4N2O4. The van der Waals surface area contributed by atoms with Gasteiger partial charge >= 0.3 is 6.36 Å². The summed E-state index contributed by atoms with van der Waals surface area (Å²) in [4.78, 5) is 23.9. The number of amides is 2. The minimum absolute atomic E-state index is 0.0364. The van der Waals surface area contributed by atoms with Crippen molar-refractivity contribution >= 4 is 28.5 Å². The number of primary amides is 1. The molecule has 0 radical (unpaired) electrons. The Labute approximate surface area is 148 Å². The molecule has 6 nitrogen and oxygen atoms in total. The Morgan fingerprint density at radius 3 is 2.33 bits per heavy atom. The molecule has 2 aromatic carbocycles. The third-order valence-corrected chi connectivity index (χ3v) is 3.46. The van der Waals surface area contributed by atoms with E-state index in [2.05, 4.69) is 10.1 Å². The second-order valence-corrected chi connectivity index (χ2v) is 5.34. The Morgan fingerprint density at radius 2 is 1.74 bits per heavy atom. The molecule has 140 valence electrons. The molecule has 0 unspecified atom stereocenters. The molecule has 1 aromatic heterocycles. The minimum Gasteiger partial charge on any atom is -0.449 e. The maximum Gasteiger partial charge on any atom is 0.573 e.